The molecule has 1 aliphatic carbocycles. The van der Waals surface area contributed by atoms with Crippen LogP contribution in [0, 0.1) is 0 Å². The molecule has 1 saturated carbocycles. The van der Waals surface area contributed by atoms with E-state index in [1.54, 1.807) is 23.1 Å². The van der Waals surface area contributed by atoms with E-state index in [2.05, 4.69) is 27.7 Å². The van der Waals surface area contributed by atoms with Gasteiger partial charge in [-0.25, -0.2) is 4.79 Å². The normalized spacial score (nSPS) is 17.1. The molecule has 4 rings (SSSR count). The zero-order valence-corrected chi connectivity index (χ0v) is 17.0. The number of anilines is 1. The van der Waals surface area contributed by atoms with Gasteiger partial charge >= 0.3 is 6.03 Å². The monoisotopic (exact) mass is 412 g/mol. The van der Waals surface area contributed by atoms with E-state index in [1.807, 2.05) is 18.2 Å². The van der Waals surface area contributed by atoms with Gasteiger partial charge in [-0.1, -0.05) is 41.9 Å². The number of hydrogen-bond donors (Lipinski definition) is 2. The molecule has 2 aliphatic rings. The average molecular weight is 413 g/mol. The van der Waals surface area contributed by atoms with E-state index < -0.39 is 0 Å². The van der Waals surface area contributed by atoms with Crippen molar-refractivity contribution in [3.05, 3.63) is 64.7 Å². The Morgan fingerprint density at radius 3 is 2.41 bits per heavy atom. The molecular formula is C22H25ClN4O2. The number of urea groups is 1. The second kappa shape index (κ2) is 8.84. The van der Waals surface area contributed by atoms with Crippen molar-refractivity contribution in [1.29, 1.82) is 0 Å². The molecule has 3 amide bonds. The van der Waals surface area contributed by atoms with Gasteiger partial charge in [0.1, 0.15) is 0 Å². The molecule has 0 radical (unpaired) electrons. The third-order valence-corrected chi connectivity index (χ3v) is 5.61. The zero-order chi connectivity index (χ0) is 20.2. The van der Waals surface area contributed by atoms with Crippen molar-refractivity contribution in [2.45, 2.75) is 25.4 Å². The van der Waals surface area contributed by atoms with Crippen LogP contribution in [0.5, 0.6) is 0 Å². The number of nitrogens with one attached hydrogen (secondary N) is 2. The lowest BCUT2D eigenvalue weighted by Crippen LogP contribution is -2.49. The Labute approximate surface area is 175 Å². The molecule has 0 bridgehead atoms. The first-order chi connectivity index (χ1) is 14.1. The number of amides is 3. The number of rotatable bonds is 5. The molecule has 2 fully saturated rings. The van der Waals surface area contributed by atoms with Gasteiger partial charge in [0.05, 0.1) is 10.6 Å². The van der Waals surface area contributed by atoms with Crippen LogP contribution in [-0.4, -0.2) is 54.0 Å². The lowest BCUT2D eigenvalue weighted by atomic mass is 10.2. The minimum atomic E-state index is -0.192. The summed E-state index contributed by atoms with van der Waals surface area (Å²) in [7, 11) is 0. The summed E-state index contributed by atoms with van der Waals surface area (Å²) >= 11 is 6.17. The molecule has 6 nitrogen and oxygen atoms in total. The summed E-state index contributed by atoms with van der Waals surface area (Å²) in [5, 5.41) is 6.21. The standard InChI is InChI=1S/C22H25ClN4O2/c23-20-9-8-18(14-19(20)21(28)24-17-6-7-17)25-22(29)27-12-10-26(11-13-27)15-16-4-2-1-3-5-16/h1-5,8-9,14,17H,6-7,10-13,15H2,(H,24,28)(H,25,29). The van der Waals surface area contributed by atoms with Crippen LogP contribution in [0.25, 0.3) is 0 Å². The quantitative estimate of drug-likeness (QED) is 0.788. The van der Waals surface area contributed by atoms with Crippen molar-refractivity contribution in [2.75, 3.05) is 31.5 Å². The second-order valence-electron chi connectivity index (χ2n) is 7.62. The molecule has 0 atom stereocenters. The largest absolute Gasteiger partial charge is 0.349 e. The van der Waals surface area contributed by atoms with Gasteiger partial charge < -0.3 is 15.5 Å². The van der Waals surface area contributed by atoms with E-state index in [0.717, 1.165) is 32.5 Å². The van der Waals surface area contributed by atoms with E-state index in [0.29, 0.717) is 29.4 Å². The van der Waals surface area contributed by atoms with Gasteiger partial charge in [0.15, 0.2) is 0 Å². The Kier molecular flexibility index (Phi) is 6.02. The number of carbonyl (C=O) groups excluding carboxylic acids is 2. The minimum absolute atomic E-state index is 0.153. The lowest BCUT2D eigenvalue weighted by molar-refractivity contribution is 0.0951. The van der Waals surface area contributed by atoms with E-state index in [9.17, 15) is 9.59 Å². The van der Waals surface area contributed by atoms with Crippen molar-refractivity contribution in [3.8, 4) is 0 Å². The maximum atomic E-state index is 12.6. The fourth-order valence-electron chi connectivity index (χ4n) is 3.42. The lowest BCUT2D eigenvalue weighted by Gasteiger charge is -2.34. The number of halogens is 1. The van der Waals surface area contributed by atoms with Crippen LogP contribution < -0.4 is 10.6 Å². The topological polar surface area (TPSA) is 64.7 Å². The Morgan fingerprint density at radius 2 is 1.72 bits per heavy atom. The van der Waals surface area contributed by atoms with Crippen molar-refractivity contribution < 1.29 is 9.59 Å². The van der Waals surface area contributed by atoms with Gasteiger partial charge in [0.25, 0.3) is 5.91 Å². The number of carbonyl (C=O) groups is 2. The molecule has 0 unspecified atom stereocenters. The molecule has 152 valence electrons. The number of nitrogens with zero attached hydrogens (tertiary/aromatic N) is 2. The molecular weight excluding hydrogens is 388 g/mol. The molecule has 2 N–H and O–H groups in total. The van der Waals surface area contributed by atoms with E-state index in [1.165, 1.54) is 5.56 Å². The summed E-state index contributed by atoms with van der Waals surface area (Å²) in [4.78, 5) is 29.1. The number of hydrogen-bond acceptors (Lipinski definition) is 3. The van der Waals surface area contributed by atoms with Crippen LogP contribution in [0.15, 0.2) is 48.5 Å². The van der Waals surface area contributed by atoms with Crippen LogP contribution in [-0.2, 0) is 6.54 Å². The highest BCUT2D eigenvalue weighted by atomic mass is 35.5. The van der Waals surface area contributed by atoms with E-state index in [-0.39, 0.29) is 18.0 Å². The van der Waals surface area contributed by atoms with Crippen LogP contribution in [0.1, 0.15) is 28.8 Å². The van der Waals surface area contributed by atoms with Crippen LogP contribution in [0.2, 0.25) is 5.02 Å². The summed E-state index contributed by atoms with van der Waals surface area (Å²) < 4.78 is 0. The second-order valence-corrected chi connectivity index (χ2v) is 8.03. The molecule has 2 aromatic carbocycles. The molecule has 2 aromatic rings. The predicted octanol–water partition coefficient (Wildman–Crippen LogP) is 3.58. The Morgan fingerprint density at radius 1 is 1.00 bits per heavy atom. The first kappa shape index (κ1) is 19.7. The van der Waals surface area contributed by atoms with E-state index >= 15 is 0 Å². The van der Waals surface area contributed by atoms with Crippen LogP contribution in [0.3, 0.4) is 0 Å². The molecule has 0 aromatic heterocycles. The van der Waals surface area contributed by atoms with Gasteiger partial charge in [-0.15, -0.1) is 0 Å². The first-order valence-electron chi connectivity index (χ1n) is 10.0. The molecule has 1 saturated heterocycles. The van der Waals surface area contributed by atoms with Crippen molar-refractivity contribution >= 4 is 29.2 Å². The van der Waals surface area contributed by atoms with Crippen molar-refractivity contribution in [3.63, 3.8) is 0 Å². The van der Waals surface area contributed by atoms with Gasteiger partial charge in [0.2, 0.25) is 0 Å². The third-order valence-electron chi connectivity index (χ3n) is 5.28. The first-order valence-corrected chi connectivity index (χ1v) is 10.4. The Balaban J connectivity index is 1.31. The smallest absolute Gasteiger partial charge is 0.321 e. The summed E-state index contributed by atoms with van der Waals surface area (Å²) in [6, 6.07) is 15.5. The maximum Gasteiger partial charge on any atom is 0.321 e. The summed E-state index contributed by atoms with van der Waals surface area (Å²) in [6.45, 7) is 3.89. The van der Waals surface area contributed by atoms with Gasteiger partial charge in [-0.2, -0.15) is 0 Å². The van der Waals surface area contributed by atoms with Crippen molar-refractivity contribution in [2.24, 2.45) is 0 Å². The van der Waals surface area contributed by atoms with E-state index in [4.69, 9.17) is 11.6 Å². The number of benzene rings is 2. The molecule has 29 heavy (non-hydrogen) atoms. The SMILES string of the molecule is O=C(NC1CC1)c1cc(NC(=O)N2CCN(Cc3ccccc3)CC2)ccc1Cl. The van der Waals surface area contributed by atoms with Gasteiger partial charge in [0, 0.05) is 44.5 Å². The minimum Gasteiger partial charge on any atom is -0.349 e. The van der Waals surface area contributed by atoms with Gasteiger partial charge in [-0.05, 0) is 36.6 Å². The summed E-state index contributed by atoms with van der Waals surface area (Å²) in [6.07, 6.45) is 2.02. The molecule has 1 aliphatic heterocycles. The van der Waals surface area contributed by atoms with Crippen molar-refractivity contribution in [1.82, 2.24) is 15.1 Å². The highest BCUT2D eigenvalue weighted by molar-refractivity contribution is 6.34. The fourth-order valence-corrected chi connectivity index (χ4v) is 3.62. The molecule has 1 heterocycles. The zero-order valence-electron chi connectivity index (χ0n) is 16.2. The molecule has 7 heteroatoms. The summed E-state index contributed by atoms with van der Waals surface area (Å²) in [5.74, 6) is -0.192. The van der Waals surface area contributed by atoms with Crippen LogP contribution >= 0.6 is 11.6 Å². The maximum absolute atomic E-state index is 12.6. The Hall–Kier alpha value is -2.57. The third kappa shape index (κ3) is 5.28. The highest BCUT2D eigenvalue weighted by Gasteiger charge is 2.25. The Bertz CT molecular complexity index is 878. The highest BCUT2D eigenvalue weighted by Crippen LogP contribution is 2.24. The average Bonchev–Trinajstić information content (AvgIpc) is 3.54. The fraction of sp³-hybridized carbons (Fsp3) is 0.364. The van der Waals surface area contributed by atoms with Crippen LogP contribution in [0.4, 0.5) is 10.5 Å². The molecule has 0 spiro atoms. The van der Waals surface area contributed by atoms with Gasteiger partial charge in [-0.3, -0.25) is 9.69 Å². The number of piperazine rings is 1. The summed E-state index contributed by atoms with van der Waals surface area (Å²) in [5.41, 5.74) is 2.25. The predicted molar refractivity (Wildman–Crippen MR) is 114 cm³/mol.